The van der Waals surface area contributed by atoms with Crippen LogP contribution in [-0.4, -0.2) is 35.2 Å². The Bertz CT molecular complexity index is 364. The van der Waals surface area contributed by atoms with E-state index in [0.717, 1.165) is 6.42 Å². The van der Waals surface area contributed by atoms with Crippen LogP contribution in [0.15, 0.2) is 30.3 Å². The highest BCUT2D eigenvalue weighted by Gasteiger charge is 2.00. The average Bonchev–Trinajstić information content (AvgIpc) is 2.38. The Morgan fingerprint density at radius 1 is 1.11 bits per heavy atom. The highest BCUT2D eigenvalue weighted by Crippen LogP contribution is 2.01. The number of carboxylic acid groups (broad SMARTS) is 2. The molecule has 0 aromatic heterocycles. The first-order valence-electron chi connectivity index (χ1n) is 6.10. The maximum Gasteiger partial charge on any atom is 0.303 e. The summed E-state index contributed by atoms with van der Waals surface area (Å²) >= 11 is 0. The van der Waals surface area contributed by atoms with E-state index >= 15 is 0 Å². The summed E-state index contributed by atoms with van der Waals surface area (Å²) in [5.74, 6) is -2.15. The van der Waals surface area contributed by atoms with Crippen LogP contribution in [0, 0.1) is 0 Å². The zero-order chi connectivity index (χ0) is 14.7. The van der Waals surface area contributed by atoms with Crippen molar-refractivity contribution in [2.45, 2.75) is 32.2 Å². The van der Waals surface area contributed by atoms with Gasteiger partial charge in [-0.1, -0.05) is 30.3 Å². The summed E-state index contributed by atoms with van der Waals surface area (Å²) in [7, 11) is 1.99. The third-order valence-corrected chi connectivity index (χ3v) is 2.43. The van der Waals surface area contributed by atoms with Crippen LogP contribution >= 0.6 is 0 Å². The Kier molecular flexibility index (Phi) is 9.08. The molecule has 19 heavy (non-hydrogen) atoms. The highest BCUT2D eigenvalue weighted by atomic mass is 16.4. The number of carbonyl (C=O) groups is 2. The molecule has 1 aromatic rings. The Morgan fingerprint density at radius 2 is 1.58 bits per heavy atom. The molecule has 1 unspecified atom stereocenters. The van der Waals surface area contributed by atoms with Gasteiger partial charge in [-0.25, -0.2) is 0 Å². The van der Waals surface area contributed by atoms with E-state index in [1.54, 1.807) is 0 Å². The van der Waals surface area contributed by atoms with E-state index in [2.05, 4.69) is 36.5 Å². The highest BCUT2D eigenvalue weighted by molar-refractivity contribution is 5.75. The van der Waals surface area contributed by atoms with Gasteiger partial charge in [0.15, 0.2) is 0 Å². The molecule has 0 radical (unpaired) electrons. The van der Waals surface area contributed by atoms with Gasteiger partial charge in [-0.2, -0.15) is 0 Å². The SMILES string of the molecule is CNC(C)Cc1ccccc1.O=C(O)CCC(=O)O. The number of rotatable bonds is 6. The normalized spacial score (nSPS) is 11.1. The molecule has 0 saturated carbocycles. The van der Waals surface area contributed by atoms with Crippen LogP contribution in [0.4, 0.5) is 0 Å². The molecule has 0 aliphatic carbocycles. The molecule has 1 atom stereocenters. The molecule has 106 valence electrons. The van der Waals surface area contributed by atoms with E-state index < -0.39 is 11.9 Å². The maximum absolute atomic E-state index is 9.64. The molecule has 0 amide bonds. The van der Waals surface area contributed by atoms with Crippen molar-refractivity contribution in [3.8, 4) is 0 Å². The third-order valence-electron chi connectivity index (χ3n) is 2.43. The van der Waals surface area contributed by atoms with Gasteiger partial charge in [-0.3, -0.25) is 9.59 Å². The summed E-state index contributed by atoms with van der Waals surface area (Å²) in [5, 5.41) is 19.0. The van der Waals surface area contributed by atoms with E-state index in [0.29, 0.717) is 6.04 Å². The molecule has 1 aromatic carbocycles. The molecule has 0 saturated heterocycles. The summed E-state index contributed by atoms with van der Waals surface area (Å²) in [5.41, 5.74) is 1.40. The lowest BCUT2D eigenvalue weighted by Gasteiger charge is -2.08. The van der Waals surface area contributed by atoms with E-state index in [9.17, 15) is 9.59 Å². The molecule has 0 aliphatic rings. The lowest BCUT2D eigenvalue weighted by atomic mass is 10.1. The summed E-state index contributed by atoms with van der Waals surface area (Å²) in [6, 6.07) is 11.1. The van der Waals surface area contributed by atoms with Gasteiger partial charge in [-0.15, -0.1) is 0 Å². The van der Waals surface area contributed by atoms with Gasteiger partial charge >= 0.3 is 11.9 Å². The van der Waals surface area contributed by atoms with Crippen molar-refractivity contribution in [2.75, 3.05) is 7.05 Å². The smallest absolute Gasteiger partial charge is 0.303 e. The van der Waals surface area contributed by atoms with Crippen LogP contribution in [0.25, 0.3) is 0 Å². The molecule has 3 N–H and O–H groups in total. The minimum Gasteiger partial charge on any atom is -0.481 e. The Morgan fingerprint density at radius 3 is 1.95 bits per heavy atom. The van der Waals surface area contributed by atoms with E-state index in [4.69, 9.17) is 10.2 Å². The van der Waals surface area contributed by atoms with E-state index in [1.165, 1.54) is 5.56 Å². The maximum atomic E-state index is 9.64. The molecular weight excluding hydrogens is 246 g/mol. The Balaban J connectivity index is 0.000000362. The van der Waals surface area contributed by atoms with Crippen LogP contribution in [0.1, 0.15) is 25.3 Å². The van der Waals surface area contributed by atoms with Crippen LogP contribution in [0.2, 0.25) is 0 Å². The topological polar surface area (TPSA) is 86.6 Å². The molecule has 0 aliphatic heterocycles. The quantitative estimate of drug-likeness (QED) is 0.731. The molecule has 0 spiro atoms. The van der Waals surface area contributed by atoms with Gasteiger partial charge in [-0.05, 0) is 26.0 Å². The first-order valence-corrected chi connectivity index (χ1v) is 6.10. The third kappa shape index (κ3) is 11.0. The van der Waals surface area contributed by atoms with Gasteiger partial charge in [0.05, 0.1) is 12.8 Å². The summed E-state index contributed by atoms with van der Waals surface area (Å²) in [6.07, 6.45) is 0.516. The van der Waals surface area contributed by atoms with Crippen molar-refractivity contribution in [3.05, 3.63) is 35.9 Å². The average molecular weight is 267 g/mol. The second-order valence-corrected chi connectivity index (χ2v) is 4.17. The number of nitrogens with one attached hydrogen (secondary N) is 1. The van der Waals surface area contributed by atoms with Crippen LogP contribution in [-0.2, 0) is 16.0 Å². The van der Waals surface area contributed by atoms with Crippen molar-refractivity contribution < 1.29 is 19.8 Å². The molecule has 0 fully saturated rings. The van der Waals surface area contributed by atoms with E-state index in [-0.39, 0.29) is 12.8 Å². The van der Waals surface area contributed by atoms with Crippen molar-refractivity contribution in [1.29, 1.82) is 0 Å². The number of likely N-dealkylation sites (N-methyl/N-ethyl adjacent to an activating group) is 1. The number of benzene rings is 1. The van der Waals surface area contributed by atoms with Gasteiger partial charge in [0.2, 0.25) is 0 Å². The molecule has 1 rings (SSSR count). The van der Waals surface area contributed by atoms with Crippen molar-refractivity contribution in [3.63, 3.8) is 0 Å². The monoisotopic (exact) mass is 267 g/mol. The number of hydrogen-bond acceptors (Lipinski definition) is 3. The summed E-state index contributed by atoms with van der Waals surface area (Å²) in [6.45, 7) is 2.19. The first kappa shape index (κ1) is 17.1. The summed E-state index contributed by atoms with van der Waals surface area (Å²) in [4.78, 5) is 19.3. The van der Waals surface area contributed by atoms with Crippen molar-refractivity contribution in [2.24, 2.45) is 0 Å². The fourth-order valence-electron chi connectivity index (χ4n) is 1.28. The van der Waals surface area contributed by atoms with Crippen LogP contribution in [0.5, 0.6) is 0 Å². The zero-order valence-corrected chi connectivity index (χ0v) is 11.3. The number of aliphatic carboxylic acids is 2. The molecule has 5 heteroatoms. The van der Waals surface area contributed by atoms with Gasteiger partial charge in [0.25, 0.3) is 0 Å². The summed E-state index contributed by atoms with van der Waals surface area (Å²) < 4.78 is 0. The van der Waals surface area contributed by atoms with Gasteiger partial charge in [0.1, 0.15) is 0 Å². The number of carboxylic acids is 2. The second-order valence-electron chi connectivity index (χ2n) is 4.17. The Hall–Kier alpha value is -1.88. The molecule has 0 bridgehead atoms. The lowest BCUT2D eigenvalue weighted by molar-refractivity contribution is -0.143. The predicted octanol–water partition coefficient (Wildman–Crippen LogP) is 1.77. The van der Waals surface area contributed by atoms with Gasteiger partial charge < -0.3 is 15.5 Å². The fraction of sp³-hybridized carbons (Fsp3) is 0.429. The van der Waals surface area contributed by atoms with Crippen molar-refractivity contribution >= 4 is 11.9 Å². The van der Waals surface area contributed by atoms with E-state index in [1.807, 2.05) is 13.1 Å². The molecule has 5 nitrogen and oxygen atoms in total. The van der Waals surface area contributed by atoms with Crippen molar-refractivity contribution in [1.82, 2.24) is 5.32 Å². The standard InChI is InChI=1S/C10H15N.C4H6O4/c1-9(11-2)8-10-6-4-3-5-7-10;5-3(6)1-2-4(7)8/h3-7,9,11H,8H2,1-2H3;1-2H2,(H,5,6)(H,7,8). The van der Waals surface area contributed by atoms with Crippen LogP contribution in [0.3, 0.4) is 0 Å². The minimum atomic E-state index is -1.08. The number of hydrogen-bond donors (Lipinski definition) is 3. The Labute approximate surface area is 113 Å². The first-order chi connectivity index (χ1) is 8.95. The zero-order valence-electron chi connectivity index (χ0n) is 11.3. The largest absolute Gasteiger partial charge is 0.481 e. The minimum absolute atomic E-state index is 0.296. The lowest BCUT2D eigenvalue weighted by Crippen LogP contribution is -2.23. The molecule has 0 heterocycles. The van der Waals surface area contributed by atoms with Gasteiger partial charge in [0, 0.05) is 6.04 Å². The van der Waals surface area contributed by atoms with Crippen LogP contribution < -0.4 is 5.32 Å². The predicted molar refractivity (Wildman–Crippen MR) is 73.2 cm³/mol. The fourth-order valence-corrected chi connectivity index (χ4v) is 1.28. The molecular formula is C14H21NO4. The second kappa shape index (κ2) is 10.1.